The van der Waals surface area contributed by atoms with Crippen molar-refractivity contribution in [1.82, 2.24) is 14.6 Å². The van der Waals surface area contributed by atoms with Crippen LogP contribution in [0.15, 0.2) is 24.4 Å². The Morgan fingerprint density at radius 1 is 1.38 bits per heavy atom. The number of hydrogen-bond acceptors (Lipinski definition) is 2. The van der Waals surface area contributed by atoms with E-state index in [-0.39, 0.29) is 0 Å². The van der Waals surface area contributed by atoms with Crippen LogP contribution in [0.1, 0.15) is 25.6 Å². The van der Waals surface area contributed by atoms with E-state index < -0.39 is 0 Å². The van der Waals surface area contributed by atoms with Crippen LogP contribution in [0.5, 0.6) is 0 Å². The lowest BCUT2D eigenvalue weighted by Gasteiger charge is -1.88. The number of rotatable bonds is 3. The Hall–Kier alpha value is -1.38. The van der Waals surface area contributed by atoms with Crippen LogP contribution in [0.2, 0.25) is 0 Å². The highest BCUT2D eigenvalue weighted by Crippen LogP contribution is 2.03. The molecular formula is C10H13N3. The van der Waals surface area contributed by atoms with Crippen molar-refractivity contribution >= 4 is 5.65 Å². The van der Waals surface area contributed by atoms with Gasteiger partial charge in [-0.1, -0.05) is 19.4 Å². The van der Waals surface area contributed by atoms with Gasteiger partial charge in [-0.05, 0) is 18.6 Å². The van der Waals surface area contributed by atoms with Gasteiger partial charge in [0.05, 0.1) is 0 Å². The third-order valence-corrected chi connectivity index (χ3v) is 2.04. The zero-order valence-corrected chi connectivity index (χ0v) is 7.77. The van der Waals surface area contributed by atoms with E-state index in [1.165, 1.54) is 6.42 Å². The van der Waals surface area contributed by atoms with E-state index in [1.807, 2.05) is 28.9 Å². The molecule has 0 saturated heterocycles. The first kappa shape index (κ1) is 8.23. The molecule has 2 aromatic heterocycles. The summed E-state index contributed by atoms with van der Waals surface area (Å²) in [7, 11) is 0. The molecule has 2 rings (SSSR count). The number of aryl methyl sites for hydroxylation is 1. The zero-order chi connectivity index (χ0) is 9.10. The van der Waals surface area contributed by atoms with Crippen molar-refractivity contribution in [3.8, 4) is 0 Å². The van der Waals surface area contributed by atoms with Crippen molar-refractivity contribution in [1.29, 1.82) is 0 Å². The fourth-order valence-electron chi connectivity index (χ4n) is 1.32. The fraction of sp³-hybridized carbons (Fsp3) is 0.400. The van der Waals surface area contributed by atoms with Crippen LogP contribution in [0.4, 0.5) is 0 Å². The average molecular weight is 175 g/mol. The van der Waals surface area contributed by atoms with Gasteiger partial charge >= 0.3 is 0 Å². The first-order valence-corrected chi connectivity index (χ1v) is 4.70. The van der Waals surface area contributed by atoms with Crippen molar-refractivity contribution in [2.24, 2.45) is 0 Å². The summed E-state index contributed by atoms with van der Waals surface area (Å²) in [5, 5.41) is 4.36. The Kier molecular flexibility index (Phi) is 2.25. The molecule has 0 aliphatic carbocycles. The molecule has 0 spiro atoms. The first-order valence-electron chi connectivity index (χ1n) is 4.70. The average Bonchev–Trinajstić information content (AvgIpc) is 2.57. The maximum atomic E-state index is 4.40. The molecule has 2 heterocycles. The molecule has 3 nitrogen and oxygen atoms in total. The van der Waals surface area contributed by atoms with Crippen molar-refractivity contribution in [2.45, 2.75) is 26.2 Å². The number of unbranched alkanes of at least 4 members (excludes halogenated alkanes) is 1. The quantitative estimate of drug-likeness (QED) is 0.714. The molecule has 0 fully saturated rings. The standard InChI is InChI=1S/C10H13N3/c1-2-3-6-9-11-10-7-4-5-8-13(10)12-9/h4-5,7-8H,2-3,6H2,1H3. The van der Waals surface area contributed by atoms with Gasteiger partial charge in [-0.3, -0.25) is 0 Å². The first-order chi connectivity index (χ1) is 6.40. The molecule has 0 aliphatic rings. The molecule has 2 aromatic rings. The lowest BCUT2D eigenvalue weighted by molar-refractivity contribution is 0.748. The summed E-state index contributed by atoms with van der Waals surface area (Å²) < 4.78 is 1.82. The van der Waals surface area contributed by atoms with Crippen LogP contribution in [0, 0.1) is 0 Å². The second-order valence-electron chi connectivity index (χ2n) is 3.13. The summed E-state index contributed by atoms with van der Waals surface area (Å²) in [5.74, 6) is 0.952. The molecule has 13 heavy (non-hydrogen) atoms. The Morgan fingerprint density at radius 2 is 2.31 bits per heavy atom. The molecule has 0 bridgehead atoms. The highest BCUT2D eigenvalue weighted by atomic mass is 15.3. The van der Waals surface area contributed by atoms with Gasteiger partial charge in [0.2, 0.25) is 0 Å². The molecule has 0 aliphatic heterocycles. The smallest absolute Gasteiger partial charge is 0.155 e. The Bertz CT molecular complexity index is 359. The van der Waals surface area contributed by atoms with Gasteiger partial charge in [-0.25, -0.2) is 9.50 Å². The molecular weight excluding hydrogens is 162 g/mol. The van der Waals surface area contributed by atoms with Gasteiger partial charge < -0.3 is 0 Å². The topological polar surface area (TPSA) is 30.2 Å². The molecule has 3 heteroatoms. The van der Waals surface area contributed by atoms with E-state index in [2.05, 4.69) is 17.0 Å². The third-order valence-electron chi connectivity index (χ3n) is 2.04. The Balaban J connectivity index is 2.28. The van der Waals surface area contributed by atoms with E-state index in [9.17, 15) is 0 Å². The summed E-state index contributed by atoms with van der Waals surface area (Å²) in [5.41, 5.74) is 0.939. The highest BCUT2D eigenvalue weighted by molar-refractivity contribution is 5.36. The van der Waals surface area contributed by atoms with Gasteiger partial charge in [0.1, 0.15) is 0 Å². The number of pyridine rings is 1. The molecule has 0 radical (unpaired) electrons. The van der Waals surface area contributed by atoms with Crippen LogP contribution in [-0.2, 0) is 6.42 Å². The summed E-state index contributed by atoms with van der Waals surface area (Å²) in [6, 6.07) is 5.92. The lowest BCUT2D eigenvalue weighted by atomic mass is 10.2. The minimum atomic E-state index is 0.939. The molecule has 0 saturated carbocycles. The predicted octanol–water partition coefficient (Wildman–Crippen LogP) is 2.07. The van der Waals surface area contributed by atoms with E-state index in [0.29, 0.717) is 0 Å². The maximum Gasteiger partial charge on any atom is 0.155 e. The predicted molar refractivity (Wildman–Crippen MR) is 51.6 cm³/mol. The monoisotopic (exact) mass is 175 g/mol. The maximum absolute atomic E-state index is 4.40. The van der Waals surface area contributed by atoms with Gasteiger partial charge in [0.25, 0.3) is 0 Å². The fourth-order valence-corrected chi connectivity index (χ4v) is 1.32. The van der Waals surface area contributed by atoms with Crippen LogP contribution >= 0.6 is 0 Å². The van der Waals surface area contributed by atoms with Crippen molar-refractivity contribution in [3.63, 3.8) is 0 Å². The summed E-state index contributed by atoms with van der Waals surface area (Å²) in [4.78, 5) is 4.40. The minimum absolute atomic E-state index is 0.939. The van der Waals surface area contributed by atoms with Gasteiger partial charge in [-0.2, -0.15) is 5.10 Å². The molecule has 0 aromatic carbocycles. The highest BCUT2D eigenvalue weighted by Gasteiger charge is 2.00. The van der Waals surface area contributed by atoms with Crippen molar-refractivity contribution in [3.05, 3.63) is 30.2 Å². The van der Waals surface area contributed by atoms with E-state index in [0.717, 1.165) is 24.3 Å². The number of fused-ring (bicyclic) bond motifs is 1. The summed E-state index contributed by atoms with van der Waals surface area (Å²) >= 11 is 0. The second-order valence-corrected chi connectivity index (χ2v) is 3.13. The van der Waals surface area contributed by atoms with E-state index >= 15 is 0 Å². The van der Waals surface area contributed by atoms with E-state index in [4.69, 9.17) is 0 Å². The van der Waals surface area contributed by atoms with Crippen LogP contribution in [0.25, 0.3) is 5.65 Å². The largest absolute Gasteiger partial charge is 0.221 e. The van der Waals surface area contributed by atoms with Crippen molar-refractivity contribution < 1.29 is 0 Å². The number of nitrogens with zero attached hydrogens (tertiary/aromatic N) is 3. The zero-order valence-electron chi connectivity index (χ0n) is 7.77. The molecule has 0 atom stereocenters. The molecule has 0 unspecified atom stereocenters. The number of aromatic nitrogens is 3. The SMILES string of the molecule is CCCCc1nc2ccccn2n1. The molecule has 0 N–H and O–H groups in total. The second kappa shape index (κ2) is 3.56. The minimum Gasteiger partial charge on any atom is -0.221 e. The number of hydrogen-bond donors (Lipinski definition) is 0. The van der Waals surface area contributed by atoms with Gasteiger partial charge in [0, 0.05) is 12.6 Å². The normalized spacial score (nSPS) is 10.8. The van der Waals surface area contributed by atoms with Gasteiger partial charge in [0.15, 0.2) is 11.5 Å². The lowest BCUT2D eigenvalue weighted by Crippen LogP contribution is -1.88. The van der Waals surface area contributed by atoms with E-state index in [1.54, 1.807) is 0 Å². The third kappa shape index (κ3) is 1.69. The summed E-state index contributed by atoms with van der Waals surface area (Å²) in [6.07, 6.45) is 5.27. The molecule has 68 valence electrons. The Labute approximate surface area is 77.4 Å². The van der Waals surface area contributed by atoms with Gasteiger partial charge in [-0.15, -0.1) is 0 Å². The summed E-state index contributed by atoms with van der Waals surface area (Å²) in [6.45, 7) is 2.18. The van der Waals surface area contributed by atoms with Crippen LogP contribution in [-0.4, -0.2) is 14.6 Å². The van der Waals surface area contributed by atoms with Crippen molar-refractivity contribution in [2.75, 3.05) is 0 Å². The molecule has 0 amide bonds. The Morgan fingerprint density at radius 3 is 3.08 bits per heavy atom. The van der Waals surface area contributed by atoms with Crippen LogP contribution < -0.4 is 0 Å². The van der Waals surface area contributed by atoms with Crippen LogP contribution in [0.3, 0.4) is 0 Å².